The van der Waals surface area contributed by atoms with Crippen molar-refractivity contribution in [2.24, 2.45) is 5.92 Å². The van der Waals surface area contributed by atoms with Gasteiger partial charge in [-0.05, 0) is 62.4 Å². The molecule has 2 aliphatic rings. The maximum absolute atomic E-state index is 13.7. The summed E-state index contributed by atoms with van der Waals surface area (Å²) in [5, 5.41) is 7.43. The molecule has 2 fully saturated rings. The maximum Gasteiger partial charge on any atom is 0.255 e. The van der Waals surface area contributed by atoms with Gasteiger partial charge in [-0.15, -0.1) is 0 Å². The molecule has 0 aromatic heterocycles. The number of fused-ring (bicyclic) bond motifs is 1. The van der Waals surface area contributed by atoms with E-state index in [1.807, 2.05) is 43.0 Å². The minimum absolute atomic E-state index is 0.0258. The third kappa shape index (κ3) is 5.71. The zero-order chi connectivity index (χ0) is 27.6. The van der Waals surface area contributed by atoms with E-state index in [0.717, 1.165) is 31.4 Å². The van der Waals surface area contributed by atoms with Crippen molar-refractivity contribution in [3.05, 3.63) is 71.8 Å². The maximum atomic E-state index is 13.7. The predicted molar refractivity (Wildman–Crippen MR) is 153 cm³/mol. The molecule has 0 saturated carbocycles. The van der Waals surface area contributed by atoms with Crippen LogP contribution in [0.1, 0.15) is 48.5 Å². The summed E-state index contributed by atoms with van der Waals surface area (Å²) in [6.07, 6.45) is 3.20. The molecule has 9 heteroatoms. The van der Waals surface area contributed by atoms with Crippen LogP contribution in [0, 0.1) is 12.8 Å². The van der Waals surface area contributed by atoms with Crippen LogP contribution < -0.4 is 15.4 Å². The van der Waals surface area contributed by atoms with Crippen molar-refractivity contribution in [1.29, 1.82) is 0 Å². The van der Waals surface area contributed by atoms with Crippen LogP contribution in [0.3, 0.4) is 0 Å². The summed E-state index contributed by atoms with van der Waals surface area (Å²) in [5.41, 5.74) is 1.98. The van der Waals surface area contributed by atoms with Crippen LogP contribution in [0.15, 0.2) is 65.6 Å². The Morgan fingerprint density at radius 1 is 1.00 bits per heavy atom. The molecule has 0 unspecified atom stereocenters. The lowest BCUT2D eigenvalue weighted by molar-refractivity contribution is -0.135. The molecule has 2 saturated heterocycles. The minimum Gasteiger partial charge on any atom is -0.341 e. The molecule has 3 N–H and O–H groups in total. The lowest BCUT2D eigenvalue weighted by Crippen LogP contribution is -2.55. The van der Waals surface area contributed by atoms with Crippen molar-refractivity contribution >= 4 is 38.3 Å². The molecule has 3 atom stereocenters. The van der Waals surface area contributed by atoms with Gasteiger partial charge in [0.25, 0.3) is 5.91 Å². The molecule has 2 heterocycles. The van der Waals surface area contributed by atoms with Gasteiger partial charge in [0, 0.05) is 41.2 Å². The summed E-state index contributed by atoms with van der Waals surface area (Å²) in [7, 11) is -3.87. The zero-order valence-electron chi connectivity index (χ0n) is 22.4. The first-order chi connectivity index (χ1) is 18.8. The third-order valence-electron chi connectivity index (χ3n) is 8.04. The highest BCUT2D eigenvalue weighted by molar-refractivity contribution is 7.89. The number of piperidine rings is 1. The van der Waals surface area contributed by atoms with Gasteiger partial charge in [0.1, 0.15) is 0 Å². The molecule has 2 aliphatic heterocycles. The van der Waals surface area contributed by atoms with E-state index in [9.17, 15) is 18.0 Å². The monoisotopic (exact) mass is 548 g/mol. The van der Waals surface area contributed by atoms with Gasteiger partial charge in [0.15, 0.2) is 0 Å². The van der Waals surface area contributed by atoms with Crippen LogP contribution in [0.25, 0.3) is 10.8 Å². The third-order valence-corrected chi connectivity index (χ3v) is 9.59. The zero-order valence-corrected chi connectivity index (χ0v) is 23.3. The number of anilines is 1. The van der Waals surface area contributed by atoms with Gasteiger partial charge in [0.05, 0.1) is 10.9 Å². The molecule has 206 valence electrons. The van der Waals surface area contributed by atoms with Gasteiger partial charge in [-0.2, -0.15) is 0 Å². The molecular weight excluding hydrogens is 512 g/mol. The number of sulfonamides is 1. The lowest BCUT2D eigenvalue weighted by Gasteiger charge is -2.39. The predicted octanol–water partition coefficient (Wildman–Crippen LogP) is 4.06. The van der Waals surface area contributed by atoms with Gasteiger partial charge < -0.3 is 15.5 Å². The fourth-order valence-electron chi connectivity index (χ4n) is 5.82. The molecule has 3 aromatic rings. The summed E-state index contributed by atoms with van der Waals surface area (Å²) in [5.74, 6) is -0.0914. The van der Waals surface area contributed by atoms with Crippen molar-refractivity contribution < 1.29 is 18.0 Å². The molecule has 0 aliphatic carbocycles. The normalized spacial score (nSPS) is 21.7. The van der Waals surface area contributed by atoms with E-state index < -0.39 is 10.0 Å². The summed E-state index contributed by atoms with van der Waals surface area (Å²) in [6.45, 7) is 5.86. The summed E-state index contributed by atoms with van der Waals surface area (Å²) in [6, 6.07) is 17.4. The summed E-state index contributed by atoms with van der Waals surface area (Å²) in [4.78, 5) is 28.0. The number of rotatable bonds is 7. The van der Waals surface area contributed by atoms with E-state index in [2.05, 4.69) is 15.4 Å². The molecule has 0 bridgehead atoms. The number of amides is 2. The van der Waals surface area contributed by atoms with Gasteiger partial charge in [-0.3, -0.25) is 9.59 Å². The van der Waals surface area contributed by atoms with E-state index in [1.165, 1.54) is 0 Å². The van der Waals surface area contributed by atoms with Gasteiger partial charge in [0.2, 0.25) is 15.9 Å². The SMILES string of the molecule is CC[C@@H]1CN(C(=O)[C@@H]2CCCN2)CC[C@@H]1NS(=O)(=O)c1cccc2c(NC(=O)c3ccccc3C)cccc12. The van der Waals surface area contributed by atoms with Crippen LogP contribution in [0.5, 0.6) is 0 Å². The van der Waals surface area contributed by atoms with Gasteiger partial charge >= 0.3 is 0 Å². The largest absolute Gasteiger partial charge is 0.341 e. The van der Waals surface area contributed by atoms with Crippen molar-refractivity contribution in [2.75, 3.05) is 25.0 Å². The Hall–Kier alpha value is -3.27. The van der Waals surface area contributed by atoms with Crippen molar-refractivity contribution in [2.45, 2.75) is 56.5 Å². The number of carbonyl (C=O) groups is 2. The Balaban J connectivity index is 1.36. The first-order valence-electron chi connectivity index (χ1n) is 13.7. The second-order valence-corrected chi connectivity index (χ2v) is 12.2. The Morgan fingerprint density at radius 2 is 1.77 bits per heavy atom. The standard InChI is InChI=1S/C30H36N4O4S/c1-3-21-19-34(30(36)27-14-8-17-31-27)18-16-25(21)33-39(37,38)28-15-7-11-23-24(28)12-6-13-26(23)32-29(35)22-10-5-4-9-20(22)2/h4-7,9-13,15,21,25,27,31,33H,3,8,14,16-19H2,1-2H3,(H,32,35)/t21-,25+,27+/m1/s1. The first kappa shape index (κ1) is 27.3. The van der Waals surface area contributed by atoms with E-state index >= 15 is 0 Å². The van der Waals surface area contributed by atoms with Gasteiger partial charge in [-0.1, -0.05) is 55.8 Å². The fraction of sp³-hybridized carbons (Fsp3) is 0.400. The van der Waals surface area contributed by atoms with Gasteiger partial charge in [-0.25, -0.2) is 13.1 Å². The van der Waals surface area contributed by atoms with E-state index in [0.29, 0.717) is 41.5 Å². The number of carbonyl (C=O) groups excluding carboxylic acids is 2. The fourth-order valence-corrected chi connectivity index (χ4v) is 7.38. The van der Waals surface area contributed by atoms with Crippen LogP contribution in [0.4, 0.5) is 5.69 Å². The average Bonchev–Trinajstić information content (AvgIpc) is 3.48. The van der Waals surface area contributed by atoms with Crippen molar-refractivity contribution in [3.8, 4) is 0 Å². The van der Waals surface area contributed by atoms with E-state index in [-0.39, 0.29) is 34.7 Å². The van der Waals surface area contributed by atoms with Crippen LogP contribution in [-0.2, 0) is 14.8 Å². The smallest absolute Gasteiger partial charge is 0.255 e. The van der Waals surface area contributed by atoms with Crippen molar-refractivity contribution in [1.82, 2.24) is 14.9 Å². The summed E-state index contributed by atoms with van der Waals surface area (Å²) < 4.78 is 30.4. The number of hydrogen-bond donors (Lipinski definition) is 3. The average molecular weight is 549 g/mol. The number of hydrogen-bond acceptors (Lipinski definition) is 5. The molecule has 0 spiro atoms. The molecule has 5 rings (SSSR count). The van der Waals surface area contributed by atoms with Crippen LogP contribution in [-0.4, -0.2) is 56.9 Å². The Kier molecular flexibility index (Phi) is 8.02. The Morgan fingerprint density at radius 3 is 2.51 bits per heavy atom. The lowest BCUT2D eigenvalue weighted by atomic mass is 9.90. The van der Waals surface area contributed by atoms with Crippen LogP contribution in [0.2, 0.25) is 0 Å². The highest BCUT2D eigenvalue weighted by Gasteiger charge is 2.36. The first-order valence-corrected chi connectivity index (χ1v) is 15.2. The minimum atomic E-state index is -3.87. The second kappa shape index (κ2) is 11.5. The number of nitrogens with zero attached hydrogens (tertiary/aromatic N) is 1. The summed E-state index contributed by atoms with van der Waals surface area (Å²) >= 11 is 0. The molecule has 0 radical (unpaired) electrons. The molecular formula is C30H36N4O4S. The Labute approximate surface area is 230 Å². The second-order valence-electron chi connectivity index (χ2n) is 10.5. The number of nitrogens with one attached hydrogen (secondary N) is 3. The number of likely N-dealkylation sites (tertiary alicyclic amines) is 1. The number of aryl methyl sites for hydroxylation is 1. The number of benzene rings is 3. The highest BCUT2D eigenvalue weighted by Crippen LogP contribution is 2.31. The molecule has 3 aromatic carbocycles. The molecule has 39 heavy (non-hydrogen) atoms. The van der Waals surface area contributed by atoms with Crippen LogP contribution >= 0.6 is 0 Å². The molecule has 8 nitrogen and oxygen atoms in total. The molecule has 2 amide bonds. The topological polar surface area (TPSA) is 108 Å². The van der Waals surface area contributed by atoms with E-state index in [4.69, 9.17) is 0 Å². The van der Waals surface area contributed by atoms with E-state index in [1.54, 1.807) is 36.4 Å². The highest BCUT2D eigenvalue weighted by atomic mass is 32.2. The van der Waals surface area contributed by atoms with Crippen molar-refractivity contribution in [3.63, 3.8) is 0 Å². The Bertz CT molecular complexity index is 1480. The quantitative estimate of drug-likeness (QED) is 0.413.